The van der Waals surface area contributed by atoms with Crippen molar-refractivity contribution in [2.75, 3.05) is 0 Å². The van der Waals surface area contributed by atoms with Gasteiger partial charge in [0.15, 0.2) is 0 Å². The van der Waals surface area contributed by atoms with E-state index in [4.69, 9.17) is 0 Å². The standard InChI is InChI=1S/C16H14N2OS/c19-15-6-8-16(9-7-15)20-12-13-2-4-14(5-3-13)18-11-1-10-17-18/h1-11,19H,12H2. The minimum atomic E-state index is 0.304. The van der Waals surface area contributed by atoms with Crippen molar-refractivity contribution in [3.8, 4) is 11.4 Å². The summed E-state index contributed by atoms with van der Waals surface area (Å²) in [5.41, 5.74) is 2.33. The number of thioether (sulfide) groups is 1. The van der Waals surface area contributed by atoms with Crippen LogP contribution in [-0.2, 0) is 5.75 Å². The highest BCUT2D eigenvalue weighted by atomic mass is 32.2. The van der Waals surface area contributed by atoms with E-state index >= 15 is 0 Å². The molecule has 0 aliphatic carbocycles. The summed E-state index contributed by atoms with van der Waals surface area (Å²) in [6, 6.07) is 17.6. The SMILES string of the molecule is Oc1ccc(SCc2ccc(-n3cccn3)cc2)cc1. The molecule has 0 unspecified atom stereocenters. The highest BCUT2D eigenvalue weighted by molar-refractivity contribution is 7.98. The van der Waals surface area contributed by atoms with E-state index in [-0.39, 0.29) is 0 Å². The van der Waals surface area contributed by atoms with Crippen molar-refractivity contribution in [1.82, 2.24) is 9.78 Å². The molecule has 4 heteroatoms. The van der Waals surface area contributed by atoms with E-state index < -0.39 is 0 Å². The quantitative estimate of drug-likeness (QED) is 0.738. The van der Waals surface area contributed by atoms with E-state index in [1.807, 2.05) is 29.1 Å². The number of hydrogen-bond donors (Lipinski definition) is 1. The van der Waals surface area contributed by atoms with E-state index in [9.17, 15) is 5.11 Å². The van der Waals surface area contributed by atoms with Gasteiger partial charge in [-0.3, -0.25) is 0 Å². The van der Waals surface area contributed by atoms with Gasteiger partial charge in [-0.15, -0.1) is 11.8 Å². The highest BCUT2D eigenvalue weighted by Gasteiger charge is 1.99. The molecule has 2 aromatic carbocycles. The summed E-state index contributed by atoms with van der Waals surface area (Å²) in [5, 5.41) is 13.5. The Morgan fingerprint density at radius 3 is 2.40 bits per heavy atom. The third kappa shape index (κ3) is 3.03. The fraction of sp³-hybridized carbons (Fsp3) is 0.0625. The van der Waals surface area contributed by atoms with E-state index in [0.29, 0.717) is 5.75 Å². The Morgan fingerprint density at radius 2 is 1.75 bits per heavy atom. The normalized spacial score (nSPS) is 10.6. The van der Waals surface area contributed by atoms with Crippen LogP contribution in [0.3, 0.4) is 0 Å². The summed E-state index contributed by atoms with van der Waals surface area (Å²) in [7, 11) is 0. The first-order valence-corrected chi connectivity index (χ1v) is 7.30. The van der Waals surface area contributed by atoms with Crippen molar-refractivity contribution in [3.63, 3.8) is 0 Å². The lowest BCUT2D eigenvalue weighted by Crippen LogP contribution is -1.93. The molecule has 1 N–H and O–H groups in total. The fourth-order valence-electron chi connectivity index (χ4n) is 1.88. The number of benzene rings is 2. The lowest BCUT2D eigenvalue weighted by molar-refractivity contribution is 0.475. The number of nitrogens with zero attached hydrogens (tertiary/aromatic N) is 2. The summed E-state index contributed by atoms with van der Waals surface area (Å²) in [5.74, 6) is 1.21. The monoisotopic (exact) mass is 282 g/mol. The van der Waals surface area contributed by atoms with Gasteiger partial charge in [0.2, 0.25) is 0 Å². The Labute approximate surface area is 121 Å². The van der Waals surface area contributed by atoms with Crippen LogP contribution < -0.4 is 0 Å². The van der Waals surface area contributed by atoms with Gasteiger partial charge in [0.05, 0.1) is 5.69 Å². The van der Waals surface area contributed by atoms with Crippen LogP contribution in [0.2, 0.25) is 0 Å². The zero-order valence-electron chi connectivity index (χ0n) is 10.8. The van der Waals surface area contributed by atoms with Crippen molar-refractivity contribution in [3.05, 3.63) is 72.6 Å². The summed E-state index contributed by atoms with van der Waals surface area (Å²) in [6.45, 7) is 0. The Hall–Kier alpha value is -2.20. The van der Waals surface area contributed by atoms with Crippen molar-refractivity contribution in [2.24, 2.45) is 0 Å². The number of aromatic hydroxyl groups is 1. The van der Waals surface area contributed by atoms with Gasteiger partial charge in [-0.25, -0.2) is 4.68 Å². The molecule has 0 saturated carbocycles. The second-order valence-electron chi connectivity index (χ2n) is 4.40. The molecule has 3 rings (SSSR count). The molecule has 0 bridgehead atoms. The van der Waals surface area contributed by atoms with Crippen molar-refractivity contribution < 1.29 is 5.11 Å². The van der Waals surface area contributed by atoms with Crippen LogP contribution in [0.1, 0.15) is 5.56 Å². The average Bonchev–Trinajstić information content (AvgIpc) is 3.01. The first-order valence-electron chi connectivity index (χ1n) is 6.32. The van der Waals surface area contributed by atoms with Gasteiger partial charge in [0, 0.05) is 23.0 Å². The fourth-order valence-corrected chi connectivity index (χ4v) is 2.73. The Morgan fingerprint density at radius 1 is 1.00 bits per heavy atom. The second kappa shape index (κ2) is 5.84. The summed E-state index contributed by atoms with van der Waals surface area (Å²) in [6.07, 6.45) is 3.70. The molecule has 0 amide bonds. The number of aromatic nitrogens is 2. The lowest BCUT2D eigenvalue weighted by atomic mass is 10.2. The number of rotatable bonds is 4. The Bertz CT molecular complexity index is 661. The molecule has 3 aromatic rings. The summed E-state index contributed by atoms with van der Waals surface area (Å²) >= 11 is 1.75. The van der Waals surface area contributed by atoms with Gasteiger partial charge in [0.1, 0.15) is 5.75 Å². The third-order valence-electron chi connectivity index (χ3n) is 2.95. The van der Waals surface area contributed by atoms with Crippen molar-refractivity contribution in [2.45, 2.75) is 10.6 Å². The summed E-state index contributed by atoms with van der Waals surface area (Å²) < 4.78 is 1.84. The van der Waals surface area contributed by atoms with Gasteiger partial charge in [0.25, 0.3) is 0 Å². The van der Waals surface area contributed by atoms with Crippen LogP contribution in [0.4, 0.5) is 0 Å². The van der Waals surface area contributed by atoms with Gasteiger partial charge >= 0.3 is 0 Å². The van der Waals surface area contributed by atoms with Gasteiger partial charge < -0.3 is 5.11 Å². The van der Waals surface area contributed by atoms with Crippen LogP contribution >= 0.6 is 11.8 Å². The third-order valence-corrected chi connectivity index (χ3v) is 4.03. The molecule has 0 spiro atoms. The van der Waals surface area contributed by atoms with E-state index in [1.54, 1.807) is 30.1 Å². The van der Waals surface area contributed by atoms with Crippen LogP contribution in [0.5, 0.6) is 5.75 Å². The van der Waals surface area contributed by atoms with Crippen LogP contribution in [-0.4, -0.2) is 14.9 Å². The molecule has 3 nitrogen and oxygen atoms in total. The molecule has 0 atom stereocenters. The van der Waals surface area contributed by atoms with Crippen molar-refractivity contribution >= 4 is 11.8 Å². The Kier molecular flexibility index (Phi) is 3.74. The molecular formula is C16H14N2OS. The maximum atomic E-state index is 9.25. The van der Waals surface area contributed by atoms with E-state index in [0.717, 1.165) is 16.3 Å². The minimum absolute atomic E-state index is 0.304. The predicted octanol–water partition coefficient (Wildman–Crippen LogP) is 3.87. The molecule has 100 valence electrons. The van der Waals surface area contributed by atoms with E-state index in [1.165, 1.54) is 5.56 Å². The second-order valence-corrected chi connectivity index (χ2v) is 5.45. The molecule has 1 heterocycles. The van der Waals surface area contributed by atoms with Gasteiger partial charge in [-0.05, 0) is 48.0 Å². The van der Waals surface area contributed by atoms with Crippen molar-refractivity contribution in [1.29, 1.82) is 0 Å². The zero-order valence-corrected chi connectivity index (χ0v) is 11.6. The number of phenolic OH excluding ortho intramolecular Hbond substituents is 1. The first-order chi connectivity index (χ1) is 9.81. The number of hydrogen-bond acceptors (Lipinski definition) is 3. The van der Waals surface area contributed by atoms with Gasteiger partial charge in [-0.2, -0.15) is 5.10 Å². The minimum Gasteiger partial charge on any atom is -0.508 e. The molecular weight excluding hydrogens is 268 g/mol. The topological polar surface area (TPSA) is 38.0 Å². The molecule has 20 heavy (non-hydrogen) atoms. The molecule has 0 saturated heterocycles. The van der Waals surface area contributed by atoms with Crippen LogP contribution in [0.25, 0.3) is 5.69 Å². The summed E-state index contributed by atoms with van der Waals surface area (Å²) in [4.78, 5) is 1.15. The van der Waals surface area contributed by atoms with Gasteiger partial charge in [-0.1, -0.05) is 12.1 Å². The largest absolute Gasteiger partial charge is 0.508 e. The number of phenols is 1. The van der Waals surface area contributed by atoms with E-state index in [2.05, 4.69) is 29.4 Å². The molecule has 0 aliphatic rings. The highest BCUT2D eigenvalue weighted by Crippen LogP contribution is 2.24. The molecule has 1 aromatic heterocycles. The maximum absolute atomic E-state index is 9.25. The molecule has 0 fully saturated rings. The molecule has 0 aliphatic heterocycles. The smallest absolute Gasteiger partial charge is 0.115 e. The predicted molar refractivity (Wildman–Crippen MR) is 81.2 cm³/mol. The van der Waals surface area contributed by atoms with Crippen LogP contribution in [0.15, 0.2) is 71.9 Å². The lowest BCUT2D eigenvalue weighted by Gasteiger charge is -2.05. The Balaban J connectivity index is 1.65. The average molecular weight is 282 g/mol. The maximum Gasteiger partial charge on any atom is 0.115 e. The first kappa shape index (κ1) is 12.8. The molecule has 0 radical (unpaired) electrons. The zero-order chi connectivity index (χ0) is 13.8. The van der Waals surface area contributed by atoms with Crippen LogP contribution in [0, 0.1) is 0 Å².